The van der Waals surface area contributed by atoms with Gasteiger partial charge in [-0.25, -0.2) is 0 Å². The average molecular weight is 230 g/mol. The second-order valence-corrected chi connectivity index (χ2v) is 5.79. The number of rotatable bonds is 4. The summed E-state index contributed by atoms with van der Waals surface area (Å²) >= 11 is 0. The van der Waals surface area contributed by atoms with Gasteiger partial charge >= 0.3 is 0 Å². The van der Waals surface area contributed by atoms with Crippen LogP contribution in [0.1, 0.15) is 38.8 Å². The molecule has 2 heteroatoms. The number of nitrogens with one attached hydrogen (secondary N) is 1. The van der Waals surface area contributed by atoms with Crippen molar-refractivity contribution in [1.82, 2.24) is 5.32 Å². The van der Waals surface area contributed by atoms with Crippen molar-refractivity contribution in [2.24, 2.45) is 0 Å². The van der Waals surface area contributed by atoms with Gasteiger partial charge in [0.25, 0.3) is 0 Å². The standard InChI is InChI=1S/C15H22N2/c1-12-8-6-7-9-13(12)14(2,3)11-17-15(4,5)10-16/h6-9,17H,11H2,1-5H3. The van der Waals surface area contributed by atoms with E-state index in [0.717, 1.165) is 6.54 Å². The summed E-state index contributed by atoms with van der Waals surface area (Å²) in [6.45, 7) is 11.1. The van der Waals surface area contributed by atoms with Crippen molar-refractivity contribution in [2.45, 2.75) is 45.6 Å². The van der Waals surface area contributed by atoms with Crippen molar-refractivity contribution in [2.75, 3.05) is 6.54 Å². The molecule has 0 aliphatic rings. The van der Waals surface area contributed by atoms with E-state index in [1.54, 1.807) is 0 Å². The van der Waals surface area contributed by atoms with Gasteiger partial charge < -0.3 is 0 Å². The molecule has 0 aliphatic heterocycles. The van der Waals surface area contributed by atoms with Gasteiger partial charge in [0.05, 0.1) is 6.07 Å². The topological polar surface area (TPSA) is 35.8 Å². The number of benzene rings is 1. The summed E-state index contributed by atoms with van der Waals surface area (Å²) in [5.41, 5.74) is 2.19. The van der Waals surface area contributed by atoms with Crippen molar-refractivity contribution in [1.29, 1.82) is 5.26 Å². The van der Waals surface area contributed by atoms with E-state index >= 15 is 0 Å². The molecule has 0 aliphatic carbocycles. The lowest BCUT2D eigenvalue weighted by atomic mass is 9.81. The van der Waals surface area contributed by atoms with Crippen molar-refractivity contribution >= 4 is 0 Å². The Balaban J connectivity index is 2.84. The summed E-state index contributed by atoms with van der Waals surface area (Å²) in [5.74, 6) is 0. The first-order valence-corrected chi connectivity index (χ1v) is 6.01. The smallest absolute Gasteiger partial charge is 0.101 e. The van der Waals surface area contributed by atoms with E-state index in [1.807, 2.05) is 13.8 Å². The van der Waals surface area contributed by atoms with Crippen LogP contribution in [-0.4, -0.2) is 12.1 Å². The lowest BCUT2D eigenvalue weighted by molar-refractivity contribution is 0.396. The molecular weight excluding hydrogens is 208 g/mol. The van der Waals surface area contributed by atoms with Gasteiger partial charge in [-0.15, -0.1) is 0 Å². The third kappa shape index (κ3) is 3.57. The molecule has 1 aromatic carbocycles. The molecule has 0 amide bonds. The van der Waals surface area contributed by atoms with Crippen LogP contribution in [-0.2, 0) is 5.41 Å². The number of nitriles is 1. The van der Waals surface area contributed by atoms with Crippen LogP contribution in [0.4, 0.5) is 0 Å². The highest BCUT2D eigenvalue weighted by atomic mass is 15.0. The van der Waals surface area contributed by atoms with Crippen LogP contribution < -0.4 is 5.32 Å². The van der Waals surface area contributed by atoms with Gasteiger partial charge in [-0.1, -0.05) is 38.1 Å². The molecule has 2 nitrogen and oxygen atoms in total. The van der Waals surface area contributed by atoms with E-state index in [1.165, 1.54) is 11.1 Å². The van der Waals surface area contributed by atoms with Gasteiger partial charge in [-0.2, -0.15) is 5.26 Å². The molecule has 0 saturated carbocycles. The molecule has 0 atom stereocenters. The molecule has 0 unspecified atom stereocenters. The number of nitrogens with zero attached hydrogens (tertiary/aromatic N) is 1. The summed E-state index contributed by atoms with van der Waals surface area (Å²) in [6.07, 6.45) is 0. The third-order valence-electron chi connectivity index (χ3n) is 3.13. The van der Waals surface area contributed by atoms with Gasteiger partial charge in [-0.05, 0) is 31.9 Å². The maximum absolute atomic E-state index is 9.00. The molecule has 1 rings (SSSR count). The van der Waals surface area contributed by atoms with Crippen molar-refractivity contribution in [3.8, 4) is 6.07 Å². The van der Waals surface area contributed by atoms with Crippen LogP contribution in [0.2, 0.25) is 0 Å². The SMILES string of the molecule is Cc1ccccc1C(C)(C)CNC(C)(C)C#N. The van der Waals surface area contributed by atoms with Crippen molar-refractivity contribution in [3.63, 3.8) is 0 Å². The van der Waals surface area contributed by atoms with Crippen LogP contribution in [0, 0.1) is 18.3 Å². The molecule has 0 aromatic heterocycles. The fraction of sp³-hybridized carbons (Fsp3) is 0.533. The highest BCUT2D eigenvalue weighted by Gasteiger charge is 2.25. The highest BCUT2D eigenvalue weighted by Crippen LogP contribution is 2.25. The quantitative estimate of drug-likeness (QED) is 0.862. The van der Waals surface area contributed by atoms with Crippen LogP contribution >= 0.6 is 0 Å². The molecule has 0 spiro atoms. The van der Waals surface area contributed by atoms with E-state index in [9.17, 15) is 0 Å². The van der Waals surface area contributed by atoms with Gasteiger partial charge in [0.1, 0.15) is 5.54 Å². The van der Waals surface area contributed by atoms with Gasteiger partial charge in [0, 0.05) is 12.0 Å². The second kappa shape index (κ2) is 4.89. The first-order valence-electron chi connectivity index (χ1n) is 6.01. The largest absolute Gasteiger partial charge is 0.299 e. The summed E-state index contributed by atoms with van der Waals surface area (Å²) in [6, 6.07) is 10.7. The maximum Gasteiger partial charge on any atom is 0.101 e. The molecule has 17 heavy (non-hydrogen) atoms. The Bertz CT molecular complexity index is 425. The van der Waals surface area contributed by atoms with Gasteiger partial charge in [0.2, 0.25) is 0 Å². The van der Waals surface area contributed by atoms with Crippen LogP contribution in [0.25, 0.3) is 0 Å². The lowest BCUT2D eigenvalue weighted by Gasteiger charge is -2.30. The fourth-order valence-corrected chi connectivity index (χ4v) is 1.91. The minimum Gasteiger partial charge on any atom is -0.299 e. The van der Waals surface area contributed by atoms with Crippen molar-refractivity contribution < 1.29 is 0 Å². The Hall–Kier alpha value is -1.33. The number of hydrogen-bond acceptors (Lipinski definition) is 2. The minimum atomic E-state index is -0.472. The van der Waals surface area contributed by atoms with Crippen molar-refractivity contribution in [3.05, 3.63) is 35.4 Å². The molecule has 0 saturated heterocycles. The lowest BCUT2D eigenvalue weighted by Crippen LogP contribution is -2.44. The Morgan fingerprint density at radius 2 is 1.76 bits per heavy atom. The van der Waals surface area contributed by atoms with Crippen LogP contribution in [0.15, 0.2) is 24.3 Å². The first kappa shape index (κ1) is 13.7. The van der Waals surface area contributed by atoms with Gasteiger partial charge in [-0.3, -0.25) is 5.32 Å². The summed E-state index contributed by atoms with van der Waals surface area (Å²) < 4.78 is 0. The fourth-order valence-electron chi connectivity index (χ4n) is 1.91. The predicted molar refractivity (Wildman–Crippen MR) is 71.9 cm³/mol. The Morgan fingerprint density at radius 1 is 1.18 bits per heavy atom. The highest BCUT2D eigenvalue weighted by molar-refractivity contribution is 5.32. The minimum absolute atomic E-state index is 0.0272. The molecule has 0 bridgehead atoms. The monoisotopic (exact) mass is 230 g/mol. The zero-order chi connectivity index (χ0) is 13.1. The molecule has 1 aromatic rings. The van der Waals surface area contributed by atoms with Crippen LogP contribution in [0.5, 0.6) is 0 Å². The maximum atomic E-state index is 9.00. The van der Waals surface area contributed by atoms with Gasteiger partial charge in [0.15, 0.2) is 0 Å². The zero-order valence-corrected chi connectivity index (χ0v) is 11.5. The summed E-state index contributed by atoms with van der Waals surface area (Å²) in [7, 11) is 0. The first-order chi connectivity index (χ1) is 7.78. The Kier molecular flexibility index (Phi) is 3.95. The molecular formula is C15H22N2. The summed E-state index contributed by atoms with van der Waals surface area (Å²) in [5, 5.41) is 12.3. The van der Waals surface area contributed by atoms with E-state index in [0.29, 0.717) is 0 Å². The van der Waals surface area contributed by atoms with Crippen LogP contribution in [0.3, 0.4) is 0 Å². The summed E-state index contributed by atoms with van der Waals surface area (Å²) in [4.78, 5) is 0. The molecule has 1 N–H and O–H groups in total. The van der Waals surface area contributed by atoms with E-state index in [2.05, 4.69) is 56.4 Å². The molecule has 0 fully saturated rings. The third-order valence-corrected chi connectivity index (χ3v) is 3.13. The number of hydrogen-bond donors (Lipinski definition) is 1. The Labute approximate surface area is 105 Å². The van der Waals surface area contributed by atoms with E-state index in [-0.39, 0.29) is 5.41 Å². The molecule has 0 radical (unpaired) electrons. The molecule has 0 heterocycles. The predicted octanol–water partition coefficient (Wildman–Crippen LogP) is 3.16. The van der Waals surface area contributed by atoms with E-state index in [4.69, 9.17) is 5.26 Å². The number of aryl methyl sites for hydroxylation is 1. The second-order valence-electron chi connectivity index (χ2n) is 5.79. The normalized spacial score (nSPS) is 12.2. The van der Waals surface area contributed by atoms with E-state index < -0.39 is 5.54 Å². The zero-order valence-electron chi connectivity index (χ0n) is 11.5. The Morgan fingerprint density at radius 3 is 2.29 bits per heavy atom. The average Bonchev–Trinajstić information content (AvgIpc) is 2.27. The molecule has 92 valence electrons.